The molecule has 0 saturated heterocycles. The predicted molar refractivity (Wildman–Crippen MR) is 121 cm³/mol. The maximum Gasteiger partial charge on any atom is 0.261 e. The molecule has 2 heterocycles. The second-order valence-corrected chi connectivity index (χ2v) is 10.6. The van der Waals surface area contributed by atoms with E-state index in [0.717, 1.165) is 0 Å². The minimum Gasteiger partial charge on any atom is -0.337 e. The summed E-state index contributed by atoms with van der Waals surface area (Å²) in [5.41, 5.74) is 2.23. The van der Waals surface area contributed by atoms with Crippen LogP contribution >= 0.6 is 33.9 Å². The maximum atomic E-state index is 14.4. The summed E-state index contributed by atoms with van der Waals surface area (Å²) in [6, 6.07) is 6.04. The molecule has 1 aliphatic carbocycles. The molecule has 3 aromatic rings. The molecule has 0 unspecified atom stereocenters. The summed E-state index contributed by atoms with van der Waals surface area (Å²) in [4.78, 5) is 17.1. The summed E-state index contributed by atoms with van der Waals surface area (Å²) in [7, 11) is -2.11. The lowest BCUT2D eigenvalue weighted by molar-refractivity contribution is 0.600. The van der Waals surface area contributed by atoms with Crippen LogP contribution in [0.15, 0.2) is 40.0 Å². The lowest BCUT2D eigenvalue weighted by Crippen LogP contribution is -2.25. The molecule has 4 rings (SSSR count). The number of hydrogen-bond acceptors (Lipinski definition) is 6. The van der Waals surface area contributed by atoms with Gasteiger partial charge in [-0.1, -0.05) is 0 Å². The molecule has 7 nitrogen and oxygen atoms in total. The number of sulfonamides is 1. The fourth-order valence-corrected chi connectivity index (χ4v) is 5.22. The molecule has 0 radical (unpaired) electrons. The lowest BCUT2D eigenvalue weighted by atomic mass is 10.2. The quantitative estimate of drug-likeness (QED) is 0.458. The van der Waals surface area contributed by atoms with Crippen molar-refractivity contribution in [1.82, 2.24) is 9.55 Å². The van der Waals surface area contributed by atoms with Crippen LogP contribution in [0.3, 0.4) is 0 Å². The van der Waals surface area contributed by atoms with Gasteiger partial charge in [0.25, 0.3) is 5.56 Å². The molecular formula is C18H16FIN4O3S2. The van der Waals surface area contributed by atoms with Crippen molar-refractivity contribution in [3.8, 4) is 11.3 Å². The van der Waals surface area contributed by atoms with E-state index in [1.165, 1.54) is 41.2 Å². The fourth-order valence-electron chi connectivity index (χ4n) is 2.83. The van der Waals surface area contributed by atoms with Crippen LogP contribution < -0.4 is 15.6 Å². The highest BCUT2D eigenvalue weighted by molar-refractivity contribution is 14.1. The molecule has 1 saturated carbocycles. The number of nitrogens with zero attached hydrogens (tertiary/aromatic N) is 2. The zero-order chi connectivity index (χ0) is 20.8. The van der Waals surface area contributed by atoms with E-state index in [0.29, 0.717) is 22.1 Å². The van der Waals surface area contributed by atoms with E-state index in [1.54, 1.807) is 17.0 Å². The topological polar surface area (TPSA) is 93.1 Å². The van der Waals surface area contributed by atoms with Gasteiger partial charge in [0.05, 0.1) is 33.4 Å². The summed E-state index contributed by atoms with van der Waals surface area (Å²) >= 11 is 3.32. The average molecular weight is 546 g/mol. The third kappa shape index (κ3) is 4.16. The van der Waals surface area contributed by atoms with Gasteiger partial charge >= 0.3 is 0 Å². The van der Waals surface area contributed by atoms with Crippen molar-refractivity contribution in [2.75, 3.05) is 10.0 Å². The van der Waals surface area contributed by atoms with Crippen molar-refractivity contribution in [3.05, 3.63) is 54.9 Å². The first-order chi connectivity index (χ1) is 13.8. The molecule has 2 aromatic heterocycles. The smallest absolute Gasteiger partial charge is 0.261 e. The molecule has 0 amide bonds. The molecule has 11 heteroatoms. The molecule has 0 atom stereocenters. The minimum atomic E-state index is -3.61. The largest absolute Gasteiger partial charge is 0.337 e. The Morgan fingerprint density at radius 2 is 2.03 bits per heavy atom. The Morgan fingerprint density at radius 3 is 2.66 bits per heavy atom. The van der Waals surface area contributed by atoms with Crippen LogP contribution in [0, 0.1) is 9.39 Å². The highest BCUT2D eigenvalue weighted by Crippen LogP contribution is 2.34. The number of benzene rings is 1. The van der Waals surface area contributed by atoms with Crippen molar-refractivity contribution in [1.29, 1.82) is 0 Å². The molecule has 29 heavy (non-hydrogen) atoms. The normalized spacial score (nSPS) is 14.0. The monoisotopic (exact) mass is 546 g/mol. The Labute approximate surface area is 184 Å². The molecule has 0 aliphatic heterocycles. The SMILES string of the molecule is Cn1c(Nc2ccc(I)cc2F)c(NS(=O)(=O)C2CC2)cc(-c2cscn2)c1=O. The van der Waals surface area contributed by atoms with Gasteiger partial charge in [0.15, 0.2) is 0 Å². The zero-order valence-corrected chi connectivity index (χ0v) is 18.9. The number of rotatable bonds is 6. The second kappa shape index (κ2) is 7.69. The molecule has 1 fully saturated rings. The molecule has 2 N–H and O–H groups in total. The van der Waals surface area contributed by atoms with E-state index in [-0.39, 0.29) is 28.3 Å². The minimum absolute atomic E-state index is 0.133. The number of aromatic nitrogens is 2. The Hall–Kier alpha value is -1.99. The number of anilines is 3. The molecule has 0 spiro atoms. The average Bonchev–Trinajstić information content (AvgIpc) is 3.40. The Morgan fingerprint density at radius 1 is 1.28 bits per heavy atom. The van der Waals surface area contributed by atoms with Crippen molar-refractivity contribution in [3.63, 3.8) is 0 Å². The Balaban J connectivity index is 1.85. The first kappa shape index (κ1) is 20.3. The van der Waals surface area contributed by atoms with Crippen LogP contribution in [0.2, 0.25) is 0 Å². The number of pyridine rings is 1. The fraction of sp³-hybridized carbons (Fsp3) is 0.222. The van der Waals surface area contributed by atoms with E-state index >= 15 is 0 Å². The standard InChI is InChI=1S/C18H16FIN4O3S2/c1-24-17(22-14-5-2-10(20)6-13(14)19)15(23-29(26,27)11-3-4-11)7-12(18(24)25)16-8-28-9-21-16/h2,5-9,11,22-23H,3-4H2,1H3. The van der Waals surface area contributed by atoms with Crippen molar-refractivity contribution in [2.45, 2.75) is 18.1 Å². The second-order valence-electron chi connectivity index (χ2n) is 6.65. The van der Waals surface area contributed by atoms with E-state index < -0.39 is 21.1 Å². The Kier molecular flexibility index (Phi) is 5.38. The van der Waals surface area contributed by atoms with Gasteiger partial charge in [0, 0.05) is 16.0 Å². The third-order valence-corrected chi connectivity index (χ3v) is 7.63. The van der Waals surface area contributed by atoms with Crippen LogP contribution in [0.4, 0.5) is 21.6 Å². The summed E-state index contributed by atoms with van der Waals surface area (Å²) in [5.74, 6) is -0.359. The molecular weight excluding hydrogens is 530 g/mol. The van der Waals surface area contributed by atoms with Gasteiger partial charge in [0.1, 0.15) is 11.6 Å². The van der Waals surface area contributed by atoms with Gasteiger partial charge in [0.2, 0.25) is 10.0 Å². The van der Waals surface area contributed by atoms with Crippen molar-refractivity contribution >= 4 is 61.1 Å². The van der Waals surface area contributed by atoms with E-state index in [1.807, 2.05) is 22.6 Å². The first-order valence-corrected chi connectivity index (χ1v) is 12.2. The first-order valence-electron chi connectivity index (χ1n) is 8.62. The zero-order valence-electron chi connectivity index (χ0n) is 15.1. The van der Waals surface area contributed by atoms with Gasteiger partial charge in [-0.25, -0.2) is 17.8 Å². The highest BCUT2D eigenvalue weighted by Gasteiger charge is 2.36. The van der Waals surface area contributed by atoms with E-state index in [2.05, 4.69) is 15.0 Å². The van der Waals surface area contributed by atoms with Crippen LogP contribution in [-0.4, -0.2) is 23.2 Å². The van der Waals surface area contributed by atoms with Gasteiger partial charge in [-0.05, 0) is 59.7 Å². The maximum absolute atomic E-state index is 14.4. The highest BCUT2D eigenvalue weighted by atomic mass is 127. The van der Waals surface area contributed by atoms with E-state index in [4.69, 9.17) is 0 Å². The van der Waals surface area contributed by atoms with Gasteiger partial charge in [-0.15, -0.1) is 11.3 Å². The summed E-state index contributed by atoms with van der Waals surface area (Å²) in [6.45, 7) is 0. The van der Waals surface area contributed by atoms with Crippen molar-refractivity contribution < 1.29 is 12.8 Å². The summed E-state index contributed by atoms with van der Waals surface area (Å²) < 4.78 is 44.0. The lowest BCUT2D eigenvalue weighted by Gasteiger charge is -2.19. The predicted octanol–water partition coefficient (Wildman–Crippen LogP) is 3.90. The Bertz CT molecular complexity index is 1240. The number of thiazole rings is 1. The van der Waals surface area contributed by atoms with Gasteiger partial charge in [-0.3, -0.25) is 14.1 Å². The number of nitrogens with one attached hydrogen (secondary N) is 2. The third-order valence-electron chi connectivity index (χ3n) is 4.52. The van der Waals surface area contributed by atoms with Crippen LogP contribution in [-0.2, 0) is 17.1 Å². The number of halogens is 2. The van der Waals surface area contributed by atoms with Gasteiger partial charge < -0.3 is 5.32 Å². The molecule has 1 aliphatic rings. The van der Waals surface area contributed by atoms with Crippen LogP contribution in [0.1, 0.15) is 12.8 Å². The van der Waals surface area contributed by atoms with Crippen molar-refractivity contribution in [2.24, 2.45) is 7.05 Å². The number of hydrogen-bond donors (Lipinski definition) is 2. The van der Waals surface area contributed by atoms with Crippen LogP contribution in [0.25, 0.3) is 11.3 Å². The molecule has 152 valence electrons. The molecule has 1 aromatic carbocycles. The molecule has 0 bridgehead atoms. The van der Waals surface area contributed by atoms with E-state index in [9.17, 15) is 17.6 Å². The van der Waals surface area contributed by atoms with Crippen LogP contribution in [0.5, 0.6) is 0 Å². The summed E-state index contributed by atoms with van der Waals surface area (Å²) in [5, 5.41) is 4.13. The van der Waals surface area contributed by atoms with Gasteiger partial charge in [-0.2, -0.15) is 0 Å². The summed E-state index contributed by atoms with van der Waals surface area (Å²) in [6.07, 6.45) is 1.18.